The normalized spacial score (nSPS) is 18.5. The van der Waals surface area contributed by atoms with Crippen molar-refractivity contribution >= 4 is 36.1 Å². The molecule has 0 saturated heterocycles. The zero-order valence-electron chi connectivity index (χ0n) is 17.7. The lowest BCUT2D eigenvalue weighted by molar-refractivity contribution is -0.0202. The highest BCUT2D eigenvalue weighted by Crippen LogP contribution is 2.39. The summed E-state index contributed by atoms with van der Waals surface area (Å²) >= 11 is 5.54. The lowest BCUT2D eigenvalue weighted by atomic mass is 9.82. The van der Waals surface area contributed by atoms with Crippen molar-refractivity contribution in [3.8, 4) is 0 Å². The van der Waals surface area contributed by atoms with Gasteiger partial charge in [-0.15, -0.1) is 11.3 Å². The molecule has 0 aliphatic heterocycles. The van der Waals surface area contributed by atoms with Crippen LogP contribution >= 0.6 is 27.3 Å². The third-order valence-corrected chi connectivity index (χ3v) is 11.8. The van der Waals surface area contributed by atoms with Gasteiger partial charge in [-0.3, -0.25) is 0 Å². The van der Waals surface area contributed by atoms with Crippen LogP contribution in [-0.2, 0) is 4.74 Å². The zero-order chi connectivity index (χ0) is 20.1. The third-order valence-electron chi connectivity index (χ3n) is 6.75. The van der Waals surface area contributed by atoms with Gasteiger partial charge >= 0.3 is 0 Å². The molecule has 3 nitrogen and oxygen atoms in total. The van der Waals surface area contributed by atoms with Crippen LogP contribution in [0.15, 0.2) is 34.0 Å². The second kappa shape index (κ2) is 10.1. The Labute approximate surface area is 184 Å². The second-order valence-corrected chi connectivity index (χ2v) is 15.4. The standard InChI is InChI=1S/C22H35BrN2OSSi/c1-22(2,28(3)4)15-26-20(17-8-6-5-7-9-17)14-19(25-12-11-24-16-25)18-10-13-27-21(18)23/h10-13,16-17,19-20,28H,5-9,14-15H2,1-4H3. The Morgan fingerprint density at radius 3 is 2.64 bits per heavy atom. The highest BCUT2D eigenvalue weighted by molar-refractivity contribution is 9.11. The van der Waals surface area contributed by atoms with Crippen molar-refractivity contribution in [2.24, 2.45) is 5.92 Å². The van der Waals surface area contributed by atoms with E-state index in [-0.39, 0.29) is 6.04 Å². The minimum Gasteiger partial charge on any atom is -0.378 e. The molecule has 3 rings (SSSR count). The predicted molar refractivity (Wildman–Crippen MR) is 126 cm³/mol. The maximum atomic E-state index is 6.76. The van der Waals surface area contributed by atoms with Gasteiger partial charge in [-0.1, -0.05) is 46.2 Å². The Kier molecular flexibility index (Phi) is 7.99. The Balaban J connectivity index is 1.82. The molecule has 0 bridgehead atoms. The van der Waals surface area contributed by atoms with E-state index in [2.05, 4.69) is 70.1 Å². The Bertz CT molecular complexity index is 710. The fourth-order valence-corrected chi connectivity index (χ4v) is 5.84. The van der Waals surface area contributed by atoms with Crippen LogP contribution in [0.4, 0.5) is 0 Å². The number of rotatable bonds is 9. The van der Waals surface area contributed by atoms with E-state index in [9.17, 15) is 0 Å². The Morgan fingerprint density at radius 1 is 1.32 bits per heavy atom. The van der Waals surface area contributed by atoms with E-state index in [0.29, 0.717) is 17.1 Å². The number of nitrogens with zero attached hydrogens (tertiary/aromatic N) is 2. The molecule has 2 unspecified atom stereocenters. The molecule has 1 fully saturated rings. The largest absolute Gasteiger partial charge is 0.378 e. The first kappa shape index (κ1) is 22.3. The molecule has 156 valence electrons. The van der Waals surface area contributed by atoms with Crippen LogP contribution in [0.2, 0.25) is 18.1 Å². The zero-order valence-corrected chi connectivity index (χ0v) is 21.3. The van der Waals surface area contributed by atoms with Gasteiger partial charge in [0.15, 0.2) is 0 Å². The molecule has 1 aliphatic carbocycles. The molecule has 2 atom stereocenters. The molecule has 2 heterocycles. The summed E-state index contributed by atoms with van der Waals surface area (Å²) in [5, 5.41) is 2.51. The lowest BCUT2D eigenvalue weighted by Crippen LogP contribution is -2.34. The number of ether oxygens (including phenoxy) is 1. The number of thiophene rings is 1. The van der Waals surface area contributed by atoms with Gasteiger partial charge in [0.25, 0.3) is 0 Å². The SMILES string of the molecule is C[SiH](C)C(C)(C)COC(CC(c1ccsc1Br)n1ccnc1)C1CCCCC1. The van der Waals surface area contributed by atoms with Gasteiger partial charge in [0.05, 0.1) is 22.3 Å². The van der Waals surface area contributed by atoms with Gasteiger partial charge < -0.3 is 9.30 Å². The van der Waals surface area contributed by atoms with Gasteiger partial charge in [0.1, 0.15) is 0 Å². The van der Waals surface area contributed by atoms with Gasteiger partial charge in [0.2, 0.25) is 0 Å². The Morgan fingerprint density at radius 2 is 2.07 bits per heavy atom. The average molecular weight is 484 g/mol. The van der Waals surface area contributed by atoms with Gasteiger partial charge in [0, 0.05) is 33.4 Å². The van der Waals surface area contributed by atoms with Crippen molar-refractivity contribution in [2.45, 2.75) is 82.7 Å². The van der Waals surface area contributed by atoms with E-state index in [1.807, 2.05) is 12.5 Å². The summed E-state index contributed by atoms with van der Waals surface area (Å²) in [6.45, 7) is 10.6. The minimum absolute atomic E-state index is 0.273. The van der Waals surface area contributed by atoms with Crippen LogP contribution in [0.1, 0.15) is 64.0 Å². The molecule has 0 amide bonds. The van der Waals surface area contributed by atoms with Crippen LogP contribution in [0.25, 0.3) is 0 Å². The summed E-state index contributed by atoms with van der Waals surface area (Å²) < 4.78 is 10.2. The number of hydrogen-bond donors (Lipinski definition) is 0. The molecular weight excluding hydrogens is 448 g/mol. The van der Waals surface area contributed by atoms with Crippen LogP contribution in [-0.4, -0.2) is 31.1 Å². The van der Waals surface area contributed by atoms with E-state index in [4.69, 9.17) is 4.74 Å². The molecule has 2 aromatic heterocycles. The second-order valence-electron chi connectivity index (χ2n) is 9.30. The van der Waals surface area contributed by atoms with Crippen LogP contribution in [0.3, 0.4) is 0 Å². The van der Waals surface area contributed by atoms with Gasteiger partial charge in [-0.2, -0.15) is 0 Å². The highest BCUT2D eigenvalue weighted by Gasteiger charge is 2.32. The number of hydrogen-bond acceptors (Lipinski definition) is 3. The molecular formula is C22H35BrN2OSSi. The van der Waals surface area contributed by atoms with E-state index in [0.717, 1.165) is 13.0 Å². The topological polar surface area (TPSA) is 27.1 Å². The molecule has 1 aliphatic rings. The molecule has 28 heavy (non-hydrogen) atoms. The first-order valence-electron chi connectivity index (χ1n) is 10.7. The fraction of sp³-hybridized carbons (Fsp3) is 0.682. The summed E-state index contributed by atoms with van der Waals surface area (Å²) in [6.07, 6.45) is 14.0. The van der Waals surface area contributed by atoms with Gasteiger partial charge in [-0.05, 0) is 57.6 Å². The van der Waals surface area contributed by atoms with Crippen molar-refractivity contribution in [1.29, 1.82) is 0 Å². The molecule has 2 aromatic rings. The maximum absolute atomic E-state index is 6.76. The monoisotopic (exact) mass is 482 g/mol. The molecule has 0 aromatic carbocycles. The summed E-state index contributed by atoms with van der Waals surface area (Å²) in [4.78, 5) is 4.33. The quantitative estimate of drug-likeness (QED) is 0.362. The predicted octanol–water partition coefficient (Wildman–Crippen LogP) is 6.92. The van der Waals surface area contributed by atoms with Gasteiger partial charge in [-0.25, -0.2) is 4.98 Å². The van der Waals surface area contributed by atoms with Crippen molar-refractivity contribution in [1.82, 2.24) is 9.55 Å². The molecule has 6 heteroatoms. The summed E-state index contributed by atoms with van der Waals surface area (Å²) in [5.41, 5.74) is 1.35. The highest BCUT2D eigenvalue weighted by atomic mass is 79.9. The van der Waals surface area contributed by atoms with E-state index in [1.54, 1.807) is 11.3 Å². The van der Waals surface area contributed by atoms with Crippen molar-refractivity contribution in [3.05, 3.63) is 39.5 Å². The summed E-state index contributed by atoms with van der Waals surface area (Å²) in [5.74, 6) is 0.682. The van der Waals surface area contributed by atoms with Crippen LogP contribution in [0, 0.1) is 5.92 Å². The maximum Gasteiger partial charge on any atom is 0.0951 e. The molecule has 0 spiro atoms. The smallest absolute Gasteiger partial charge is 0.0951 e. The first-order chi connectivity index (χ1) is 13.4. The first-order valence-corrected chi connectivity index (χ1v) is 15.3. The summed E-state index contributed by atoms with van der Waals surface area (Å²) in [7, 11) is -0.770. The van der Waals surface area contributed by atoms with E-state index in [1.165, 1.54) is 41.5 Å². The summed E-state index contributed by atoms with van der Waals surface area (Å²) in [6, 6.07) is 2.52. The van der Waals surface area contributed by atoms with E-state index >= 15 is 0 Å². The fourth-order valence-electron chi connectivity index (χ4n) is 4.02. The Hall–Kier alpha value is -0.433. The van der Waals surface area contributed by atoms with Crippen molar-refractivity contribution in [3.63, 3.8) is 0 Å². The molecule has 1 saturated carbocycles. The minimum atomic E-state index is -0.770. The molecule has 0 N–H and O–H groups in total. The third kappa shape index (κ3) is 5.58. The molecule has 0 radical (unpaired) electrons. The van der Waals surface area contributed by atoms with Crippen molar-refractivity contribution < 1.29 is 4.74 Å². The van der Waals surface area contributed by atoms with E-state index < -0.39 is 8.80 Å². The average Bonchev–Trinajstić information content (AvgIpc) is 3.35. The number of aromatic nitrogens is 2. The number of halogens is 1. The number of imidazole rings is 1. The van der Waals surface area contributed by atoms with Crippen LogP contribution in [0.5, 0.6) is 0 Å². The lowest BCUT2D eigenvalue weighted by Gasteiger charge is -2.36. The van der Waals surface area contributed by atoms with Crippen molar-refractivity contribution in [2.75, 3.05) is 6.61 Å². The van der Waals surface area contributed by atoms with Crippen LogP contribution < -0.4 is 0 Å².